The van der Waals surface area contributed by atoms with E-state index in [2.05, 4.69) is 4.98 Å². The van der Waals surface area contributed by atoms with Crippen molar-refractivity contribution >= 4 is 28.9 Å². The van der Waals surface area contributed by atoms with Crippen LogP contribution in [-0.4, -0.2) is 11.3 Å². The first kappa shape index (κ1) is 13.3. The highest BCUT2D eigenvalue weighted by Crippen LogP contribution is 2.37. The van der Waals surface area contributed by atoms with Gasteiger partial charge >= 0.3 is 6.18 Å². The lowest BCUT2D eigenvalue weighted by Gasteiger charge is -2.13. The first-order valence-corrected chi connectivity index (χ1v) is 4.86. The first-order valence-electron chi connectivity index (χ1n) is 3.78. The van der Waals surface area contributed by atoms with Crippen molar-refractivity contribution in [2.75, 3.05) is 0 Å². The molecule has 1 aromatic rings. The van der Waals surface area contributed by atoms with E-state index in [9.17, 15) is 26.7 Å². The molecule has 0 unspecified atom stereocenters. The summed E-state index contributed by atoms with van der Waals surface area (Å²) in [4.78, 5) is 13.5. The molecule has 88 valence electrons. The second-order valence-electron chi connectivity index (χ2n) is 2.71. The lowest BCUT2D eigenvalue weighted by atomic mass is 10.1. The van der Waals surface area contributed by atoms with E-state index in [0.29, 0.717) is 0 Å². The predicted octanol–water partition coefficient (Wildman–Crippen LogP) is 3.46. The van der Waals surface area contributed by atoms with E-state index in [0.717, 1.165) is 6.07 Å². The van der Waals surface area contributed by atoms with E-state index in [4.69, 9.17) is 0 Å². The van der Waals surface area contributed by atoms with Gasteiger partial charge in [-0.05, 0) is 28.7 Å². The molecule has 1 aromatic heterocycles. The van der Waals surface area contributed by atoms with Gasteiger partial charge in [-0.25, -0.2) is 13.8 Å². The summed E-state index contributed by atoms with van der Waals surface area (Å²) >= 11 is 1.46. The molecule has 0 aliphatic carbocycles. The number of hydrogen-bond donors (Lipinski definition) is 0. The summed E-state index contributed by atoms with van der Waals surface area (Å²) in [6, 6.07) is 0.808. The molecule has 0 aliphatic heterocycles. The van der Waals surface area contributed by atoms with Gasteiger partial charge in [0.15, 0.2) is 6.29 Å². The van der Waals surface area contributed by atoms with Crippen LogP contribution in [-0.2, 0) is 6.18 Å². The molecular formula is C8H3F5INO. The summed E-state index contributed by atoms with van der Waals surface area (Å²) < 4.78 is 62.0. The third-order valence-electron chi connectivity index (χ3n) is 1.66. The fraction of sp³-hybridized carbons (Fsp3) is 0.250. The van der Waals surface area contributed by atoms with E-state index >= 15 is 0 Å². The zero-order valence-electron chi connectivity index (χ0n) is 7.36. The smallest absolute Gasteiger partial charge is 0.298 e. The molecule has 0 aromatic carbocycles. The highest BCUT2D eigenvalue weighted by atomic mass is 127. The summed E-state index contributed by atoms with van der Waals surface area (Å²) in [5.41, 5.74) is -3.92. The maximum Gasteiger partial charge on any atom is 0.419 e. The van der Waals surface area contributed by atoms with E-state index in [1.165, 1.54) is 22.6 Å². The number of aromatic nitrogens is 1. The van der Waals surface area contributed by atoms with E-state index in [1.54, 1.807) is 0 Å². The number of aldehydes is 1. The van der Waals surface area contributed by atoms with Crippen molar-refractivity contribution < 1.29 is 26.7 Å². The predicted molar refractivity (Wildman–Crippen MR) is 52.3 cm³/mol. The van der Waals surface area contributed by atoms with Gasteiger partial charge in [-0.1, -0.05) is 0 Å². The van der Waals surface area contributed by atoms with Crippen LogP contribution in [0, 0.1) is 3.70 Å². The molecule has 0 fully saturated rings. The van der Waals surface area contributed by atoms with Gasteiger partial charge in [0.2, 0.25) is 0 Å². The lowest BCUT2D eigenvalue weighted by Crippen LogP contribution is -2.15. The van der Waals surface area contributed by atoms with Gasteiger partial charge in [0.05, 0.1) is 5.56 Å². The number of pyridine rings is 1. The van der Waals surface area contributed by atoms with E-state index < -0.39 is 29.4 Å². The zero-order chi connectivity index (χ0) is 12.5. The molecule has 0 bridgehead atoms. The van der Waals surface area contributed by atoms with Gasteiger partial charge in [-0.15, -0.1) is 0 Å². The van der Waals surface area contributed by atoms with Crippen molar-refractivity contribution in [3.63, 3.8) is 0 Å². The molecule has 2 nitrogen and oxygen atoms in total. The Morgan fingerprint density at radius 2 is 1.94 bits per heavy atom. The van der Waals surface area contributed by atoms with Gasteiger partial charge < -0.3 is 0 Å². The number of nitrogens with zero attached hydrogens (tertiary/aromatic N) is 1. The molecule has 0 saturated carbocycles. The van der Waals surface area contributed by atoms with Crippen molar-refractivity contribution in [3.05, 3.63) is 26.6 Å². The van der Waals surface area contributed by atoms with Crippen LogP contribution >= 0.6 is 22.6 Å². The number of carbonyl (C=O) groups is 1. The maximum atomic E-state index is 12.5. The molecule has 1 heterocycles. The topological polar surface area (TPSA) is 30.0 Å². The van der Waals surface area contributed by atoms with Gasteiger partial charge in [-0.2, -0.15) is 13.2 Å². The van der Waals surface area contributed by atoms with Crippen LogP contribution in [0.3, 0.4) is 0 Å². The number of hydrogen-bond acceptors (Lipinski definition) is 2. The van der Waals surface area contributed by atoms with Crippen LogP contribution in [0.5, 0.6) is 0 Å². The average Bonchev–Trinajstić information content (AvgIpc) is 2.14. The molecule has 8 heteroatoms. The van der Waals surface area contributed by atoms with Gasteiger partial charge in [0.1, 0.15) is 9.39 Å². The third kappa shape index (κ3) is 2.66. The largest absolute Gasteiger partial charge is 0.419 e. The van der Waals surface area contributed by atoms with Gasteiger partial charge in [-0.3, -0.25) is 4.79 Å². The summed E-state index contributed by atoms with van der Waals surface area (Å²) in [7, 11) is 0. The molecule has 0 saturated heterocycles. The first-order chi connectivity index (χ1) is 7.27. The Morgan fingerprint density at radius 1 is 1.38 bits per heavy atom. The SMILES string of the molecule is O=Cc1cc(I)nc(C(F)F)c1C(F)(F)F. The zero-order valence-corrected chi connectivity index (χ0v) is 9.51. The quantitative estimate of drug-likeness (QED) is 0.354. The minimum absolute atomic E-state index is 0.0944. The molecule has 1 rings (SSSR count). The normalized spacial score (nSPS) is 11.9. The van der Waals surface area contributed by atoms with Crippen molar-refractivity contribution in [3.8, 4) is 0 Å². The highest BCUT2D eigenvalue weighted by molar-refractivity contribution is 14.1. The van der Waals surface area contributed by atoms with Crippen molar-refractivity contribution in [1.82, 2.24) is 4.98 Å². The standard InChI is InChI=1S/C8H3F5INO/c9-7(10)6-5(8(11,12)13)3(2-16)1-4(14)15-6/h1-2,7H. The van der Waals surface area contributed by atoms with Crippen LogP contribution in [0.15, 0.2) is 6.07 Å². The van der Waals surface area contributed by atoms with E-state index in [-0.39, 0.29) is 9.99 Å². The minimum atomic E-state index is -5.03. The molecule has 0 aliphatic rings. The van der Waals surface area contributed by atoms with Crippen LogP contribution in [0.1, 0.15) is 28.0 Å². The number of alkyl halides is 5. The Kier molecular flexibility index (Phi) is 3.81. The second-order valence-corrected chi connectivity index (χ2v) is 3.82. The van der Waals surface area contributed by atoms with Crippen molar-refractivity contribution in [2.24, 2.45) is 0 Å². The van der Waals surface area contributed by atoms with Gasteiger partial charge in [0, 0.05) is 5.56 Å². The lowest BCUT2D eigenvalue weighted by molar-refractivity contribution is -0.140. The Hall–Kier alpha value is -0.800. The second kappa shape index (κ2) is 4.60. The molecule has 0 amide bonds. The van der Waals surface area contributed by atoms with Gasteiger partial charge in [0.25, 0.3) is 6.43 Å². The Bertz CT molecular complexity index is 418. The van der Waals surface area contributed by atoms with Crippen LogP contribution in [0.4, 0.5) is 22.0 Å². The molecule has 0 radical (unpaired) electrons. The molecule has 0 atom stereocenters. The fourth-order valence-corrected chi connectivity index (χ4v) is 1.71. The number of rotatable bonds is 2. The van der Waals surface area contributed by atoms with E-state index in [1.807, 2.05) is 0 Å². The third-order valence-corrected chi connectivity index (χ3v) is 2.22. The van der Waals surface area contributed by atoms with Crippen LogP contribution in [0.2, 0.25) is 0 Å². The summed E-state index contributed by atoms with van der Waals surface area (Å²) in [6.07, 6.45) is -8.53. The highest BCUT2D eigenvalue weighted by Gasteiger charge is 2.39. The van der Waals surface area contributed by atoms with Crippen LogP contribution < -0.4 is 0 Å². The minimum Gasteiger partial charge on any atom is -0.298 e. The molecule has 0 spiro atoms. The van der Waals surface area contributed by atoms with Crippen molar-refractivity contribution in [1.29, 1.82) is 0 Å². The summed E-state index contributed by atoms with van der Waals surface area (Å²) in [5, 5.41) is 0. The summed E-state index contributed by atoms with van der Waals surface area (Å²) in [5.74, 6) is 0. The molecule has 0 N–H and O–H groups in total. The Labute approximate surface area is 100.0 Å². The number of halogens is 6. The maximum absolute atomic E-state index is 12.5. The summed E-state index contributed by atoms with van der Waals surface area (Å²) in [6.45, 7) is 0. The Morgan fingerprint density at radius 3 is 2.31 bits per heavy atom. The average molecular weight is 351 g/mol. The number of carbonyl (C=O) groups excluding carboxylic acids is 1. The fourth-order valence-electron chi connectivity index (χ4n) is 1.11. The molecule has 16 heavy (non-hydrogen) atoms. The monoisotopic (exact) mass is 351 g/mol. The van der Waals surface area contributed by atoms with Crippen molar-refractivity contribution in [2.45, 2.75) is 12.6 Å². The molecular weight excluding hydrogens is 348 g/mol. The Balaban J connectivity index is 3.58. The van der Waals surface area contributed by atoms with Crippen LogP contribution in [0.25, 0.3) is 0 Å².